The summed E-state index contributed by atoms with van der Waals surface area (Å²) in [5.41, 5.74) is 2.78. The molecule has 0 amide bonds. The number of rotatable bonds is 3. The van der Waals surface area contributed by atoms with Gasteiger partial charge >= 0.3 is 0 Å². The molecule has 1 aliphatic rings. The van der Waals surface area contributed by atoms with E-state index in [1.807, 2.05) is 0 Å². The molecule has 1 atom stereocenters. The minimum Gasteiger partial charge on any atom is -0.0995 e. The summed E-state index contributed by atoms with van der Waals surface area (Å²) in [4.78, 5) is 0. The molecule has 0 heterocycles. The Hall–Kier alpha value is -0.780. The molecule has 0 radical (unpaired) electrons. The van der Waals surface area contributed by atoms with Gasteiger partial charge in [0.2, 0.25) is 0 Å². The fourth-order valence-electron chi connectivity index (χ4n) is 1.32. The lowest BCUT2D eigenvalue weighted by atomic mass is 9.94. The lowest BCUT2D eigenvalue weighted by Gasteiger charge is -2.12. The first kappa shape index (κ1) is 9.31. The Balaban J connectivity index is 2.45. The molecule has 66 valence electrons. The van der Waals surface area contributed by atoms with Gasteiger partial charge < -0.3 is 0 Å². The zero-order chi connectivity index (χ0) is 8.97. The smallest absolute Gasteiger partial charge is 0.00732 e. The summed E-state index contributed by atoms with van der Waals surface area (Å²) in [7, 11) is 0. The van der Waals surface area contributed by atoms with E-state index in [9.17, 15) is 0 Å². The lowest BCUT2D eigenvalue weighted by Crippen LogP contribution is -1.95. The number of hydrogen-bond acceptors (Lipinski definition) is 0. The summed E-state index contributed by atoms with van der Waals surface area (Å²) in [5, 5.41) is 0. The Morgan fingerprint density at radius 1 is 1.67 bits per heavy atom. The molecular weight excluding hydrogens is 144 g/mol. The van der Waals surface area contributed by atoms with Crippen LogP contribution in [0.5, 0.6) is 0 Å². The Kier molecular flexibility index (Phi) is 3.33. The van der Waals surface area contributed by atoms with Gasteiger partial charge in [0, 0.05) is 0 Å². The van der Waals surface area contributed by atoms with Crippen molar-refractivity contribution in [2.75, 3.05) is 0 Å². The van der Waals surface area contributed by atoms with Crippen LogP contribution in [0.4, 0.5) is 0 Å². The molecule has 0 nitrogen and oxygen atoms in total. The number of hydrogen-bond donors (Lipinski definition) is 0. The van der Waals surface area contributed by atoms with E-state index in [4.69, 9.17) is 0 Å². The van der Waals surface area contributed by atoms with Gasteiger partial charge in [-0.2, -0.15) is 0 Å². The van der Waals surface area contributed by atoms with E-state index in [0.29, 0.717) is 0 Å². The van der Waals surface area contributed by atoms with Crippen molar-refractivity contribution in [1.82, 2.24) is 0 Å². The predicted octanol–water partition coefficient (Wildman–Crippen LogP) is 3.87. The molecule has 0 bridgehead atoms. The van der Waals surface area contributed by atoms with E-state index in [2.05, 4.69) is 38.7 Å². The maximum absolute atomic E-state index is 4.01. The topological polar surface area (TPSA) is 0 Å². The molecule has 0 N–H and O–H groups in total. The van der Waals surface area contributed by atoms with E-state index in [-0.39, 0.29) is 0 Å². The second-order valence-corrected chi connectivity index (χ2v) is 3.63. The van der Waals surface area contributed by atoms with E-state index in [1.54, 1.807) is 0 Å². The molecule has 12 heavy (non-hydrogen) atoms. The van der Waals surface area contributed by atoms with Crippen LogP contribution in [0, 0.1) is 5.92 Å². The van der Waals surface area contributed by atoms with Crippen LogP contribution in [0.3, 0.4) is 0 Å². The zero-order valence-electron chi connectivity index (χ0n) is 8.14. The maximum Gasteiger partial charge on any atom is -0.00732 e. The van der Waals surface area contributed by atoms with Gasteiger partial charge in [-0.1, -0.05) is 44.2 Å². The van der Waals surface area contributed by atoms with Gasteiger partial charge in [-0.25, -0.2) is 0 Å². The highest BCUT2D eigenvalue weighted by atomic mass is 14.1. The van der Waals surface area contributed by atoms with Crippen molar-refractivity contribution in [3.8, 4) is 0 Å². The first-order chi connectivity index (χ1) is 5.72. The van der Waals surface area contributed by atoms with Crippen LogP contribution in [0.1, 0.15) is 33.1 Å². The Morgan fingerprint density at radius 2 is 2.42 bits per heavy atom. The summed E-state index contributed by atoms with van der Waals surface area (Å²) in [6.45, 7) is 8.42. The third kappa shape index (κ3) is 2.69. The van der Waals surface area contributed by atoms with E-state index in [1.165, 1.54) is 17.6 Å². The Morgan fingerprint density at radius 3 is 2.92 bits per heavy atom. The van der Waals surface area contributed by atoms with E-state index >= 15 is 0 Å². The Bertz CT molecular complexity index is 218. The molecule has 0 saturated heterocycles. The third-order valence-corrected chi connectivity index (χ3v) is 2.34. The molecule has 1 rings (SSSR count). The number of allylic oxidation sites excluding steroid dienone is 5. The molecular formula is C12H18. The second kappa shape index (κ2) is 4.30. The van der Waals surface area contributed by atoms with Crippen molar-refractivity contribution in [1.29, 1.82) is 0 Å². The quantitative estimate of drug-likeness (QED) is 0.553. The largest absolute Gasteiger partial charge is 0.0995 e. The lowest BCUT2D eigenvalue weighted by molar-refractivity contribution is 0.727. The van der Waals surface area contributed by atoms with Crippen molar-refractivity contribution in [3.05, 3.63) is 36.0 Å². The van der Waals surface area contributed by atoms with E-state index in [0.717, 1.165) is 18.8 Å². The minimum absolute atomic E-state index is 0.726. The molecule has 1 aliphatic carbocycles. The highest BCUT2D eigenvalue weighted by Gasteiger charge is 2.03. The SMILES string of the molecule is C=C(CC)CC1=CCC(C)C=C1. The summed E-state index contributed by atoms with van der Waals surface area (Å²) in [6, 6.07) is 0. The maximum atomic E-state index is 4.01. The average Bonchev–Trinajstić information content (AvgIpc) is 2.09. The van der Waals surface area contributed by atoms with Gasteiger partial charge in [-0.3, -0.25) is 0 Å². The molecule has 0 spiro atoms. The van der Waals surface area contributed by atoms with Gasteiger partial charge in [-0.15, -0.1) is 0 Å². The molecule has 0 aromatic heterocycles. The molecule has 0 saturated carbocycles. The minimum atomic E-state index is 0.726. The van der Waals surface area contributed by atoms with Gasteiger partial charge in [-0.05, 0) is 30.8 Å². The monoisotopic (exact) mass is 162 g/mol. The van der Waals surface area contributed by atoms with Crippen LogP contribution in [0.2, 0.25) is 0 Å². The summed E-state index contributed by atoms with van der Waals surface area (Å²) in [6.07, 6.45) is 10.2. The second-order valence-electron chi connectivity index (χ2n) is 3.63. The fourth-order valence-corrected chi connectivity index (χ4v) is 1.32. The molecule has 0 fully saturated rings. The van der Waals surface area contributed by atoms with Gasteiger partial charge in [0.15, 0.2) is 0 Å². The van der Waals surface area contributed by atoms with Crippen LogP contribution in [0.15, 0.2) is 36.0 Å². The summed E-state index contributed by atoms with van der Waals surface area (Å²) >= 11 is 0. The van der Waals surface area contributed by atoms with Crippen molar-refractivity contribution >= 4 is 0 Å². The van der Waals surface area contributed by atoms with Crippen LogP contribution in [0.25, 0.3) is 0 Å². The molecule has 0 heteroatoms. The van der Waals surface area contributed by atoms with Crippen LogP contribution in [-0.4, -0.2) is 0 Å². The van der Waals surface area contributed by atoms with Crippen molar-refractivity contribution in [3.63, 3.8) is 0 Å². The van der Waals surface area contributed by atoms with E-state index < -0.39 is 0 Å². The Labute approximate surface area is 75.7 Å². The third-order valence-electron chi connectivity index (χ3n) is 2.34. The van der Waals surface area contributed by atoms with Gasteiger partial charge in [0.25, 0.3) is 0 Å². The normalized spacial score (nSPS) is 22.2. The molecule has 0 aliphatic heterocycles. The highest BCUT2D eigenvalue weighted by molar-refractivity contribution is 5.27. The van der Waals surface area contributed by atoms with Crippen LogP contribution < -0.4 is 0 Å². The fraction of sp³-hybridized carbons (Fsp3) is 0.500. The summed E-state index contributed by atoms with van der Waals surface area (Å²) < 4.78 is 0. The first-order valence-corrected chi connectivity index (χ1v) is 4.76. The van der Waals surface area contributed by atoms with Crippen LogP contribution in [-0.2, 0) is 0 Å². The highest BCUT2D eigenvalue weighted by Crippen LogP contribution is 2.21. The molecule has 0 aromatic carbocycles. The average molecular weight is 162 g/mol. The summed E-state index contributed by atoms with van der Waals surface area (Å²) in [5.74, 6) is 0.726. The first-order valence-electron chi connectivity index (χ1n) is 4.76. The van der Waals surface area contributed by atoms with Crippen molar-refractivity contribution < 1.29 is 0 Å². The van der Waals surface area contributed by atoms with Gasteiger partial charge in [0.05, 0.1) is 0 Å². The molecule has 0 aromatic rings. The predicted molar refractivity (Wildman–Crippen MR) is 55.1 cm³/mol. The zero-order valence-corrected chi connectivity index (χ0v) is 8.14. The van der Waals surface area contributed by atoms with Gasteiger partial charge in [0.1, 0.15) is 0 Å². The van der Waals surface area contributed by atoms with Crippen molar-refractivity contribution in [2.45, 2.75) is 33.1 Å². The molecule has 1 unspecified atom stereocenters. The van der Waals surface area contributed by atoms with Crippen molar-refractivity contribution in [2.24, 2.45) is 5.92 Å². The van der Waals surface area contributed by atoms with Crippen LogP contribution >= 0.6 is 0 Å². The standard InChI is InChI=1S/C12H18/c1-4-10(2)9-12-7-5-11(3)6-8-12/h5,7-8,11H,2,4,6,9H2,1,3H3.